The molecule has 88 valence electrons. The van der Waals surface area contributed by atoms with Crippen molar-refractivity contribution in [1.82, 2.24) is 4.98 Å². The molecule has 5 nitrogen and oxygen atoms in total. The van der Waals surface area contributed by atoms with E-state index < -0.39 is 5.91 Å². The fraction of sp³-hybridized carbons (Fsp3) is 0.400. The first kappa shape index (κ1) is 12.7. The molecule has 6 heteroatoms. The van der Waals surface area contributed by atoms with Gasteiger partial charge in [0.2, 0.25) is 11.8 Å². The lowest BCUT2D eigenvalue weighted by Gasteiger charge is -2.06. The van der Waals surface area contributed by atoms with Crippen molar-refractivity contribution >= 4 is 17.5 Å². The smallest absolute Gasteiger partial charge is 0.250 e. The Bertz CT molecular complexity index is 371. The van der Waals surface area contributed by atoms with Crippen molar-refractivity contribution in [1.29, 1.82) is 0 Å². The van der Waals surface area contributed by atoms with Gasteiger partial charge in [-0.05, 0) is 6.07 Å². The molecule has 0 spiro atoms. The summed E-state index contributed by atoms with van der Waals surface area (Å²) in [5.41, 5.74) is 5.34. The molecular weight excluding hydrogens is 232 g/mol. The zero-order valence-electron chi connectivity index (χ0n) is 8.90. The molecule has 0 saturated heterocycles. The van der Waals surface area contributed by atoms with Gasteiger partial charge in [-0.25, -0.2) is 4.98 Å². The highest BCUT2D eigenvalue weighted by Crippen LogP contribution is 2.22. The predicted molar refractivity (Wildman–Crippen MR) is 59.8 cm³/mol. The normalized spacial score (nSPS) is 10.1. The Kier molecular flexibility index (Phi) is 5.01. The van der Waals surface area contributed by atoms with Crippen molar-refractivity contribution in [2.75, 3.05) is 20.3 Å². The van der Waals surface area contributed by atoms with E-state index in [9.17, 15) is 4.79 Å². The maximum absolute atomic E-state index is 10.8. The minimum absolute atomic E-state index is 0.259. The van der Waals surface area contributed by atoms with Gasteiger partial charge in [0.25, 0.3) is 0 Å². The first-order valence-corrected chi connectivity index (χ1v) is 5.10. The van der Waals surface area contributed by atoms with Gasteiger partial charge in [0.05, 0.1) is 12.2 Å². The van der Waals surface area contributed by atoms with Crippen molar-refractivity contribution in [3.05, 3.63) is 22.8 Å². The summed E-state index contributed by atoms with van der Waals surface area (Å²) >= 11 is 5.86. The average molecular weight is 245 g/mol. The lowest BCUT2D eigenvalue weighted by atomic mass is 10.3. The second-order valence-corrected chi connectivity index (χ2v) is 3.48. The summed E-state index contributed by atoms with van der Waals surface area (Å²) in [5, 5.41) is 0.272. The van der Waals surface area contributed by atoms with Crippen LogP contribution in [-0.2, 0) is 4.74 Å². The van der Waals surface area contributed by atoms with Crippen LogP contribution >= 0.6 is 11.6 Å². The molecule has 1 rings (SSSR count). The third kappa shape index (κ3) is 3.67. The molecule has 1 aromatic heterocycles. The van der Waals surface area contributed by atoms with Gasteiger partial charge in [-0.15, -0.1) is 0 Å². The van der Waals surface area contributed by atoms with E-state index in [2.05, 4.69) is 4.98 Å². The Morgan fingerprint density at radius 2 is 2.31 bits per heavy atom. The standard InChI is InChI=1S/C10H13ClN2O3/c1-15-3-2-4-16-10-8(11)5-7(6-13-10)9(12)14/h5-6H,2-4H2,1H3,(H2,12,14). The van der Waals surface area contributed by atoms with Crippen LogP contribution < -0.4 is 10.5 Å². The molecule has 0 atom stereocenters. The van der Waals surface area contributed by atoms with Gasteiger partial charge in [-0.1, -0.05) is 11.6 Å². The third-order valence-electron chi connectivity index (χ3n) is 1.82. The van der Waals surface area contributed by atoms with Crippen molar-refractivity contribution in [3.63, 3.8) is 0 Å². The molecule has 0 aliphatic heterocycles. The lowest BCUT2D eigenvalue weighted by Crippen LogP contribution is -2.11. The molecule has 16 heavy (non-hydrogen) atoms. The number of carbonyl (C=O) groups excluding carboxylic acids is 1. The number of amides is 1. The van der Waals surface area contributed by atoms with Crippen molar-refractivity contribution in [2.45, 2.75) is 6.42 Å². The minimum Gasteiger partial charge on any atom is -0.477 e. The molecule has 1 amide bonds. The van der Waals surface area contributed by atoms with Crippen molar-refractivity contribution in [2.24, 2.45) is 5.73 Å². The third-order valence-corrected chi connectivity index (χ3v) is 2.09. The predicted octanol–water partition coefficient (Wildman–Crippen LogP) is 1.25. The molecule has 0 aromatic carbocycles. The summed E-state index contributed by atoms with van der Waals surface area (Å²) in [6.45, 7) is 1.06. The maximum atomic E-state index is 10.8. The zero-order chi connectivity index (χ0) is 12.0. The maximum Gasteiger partial charge on any atom is 0.250 e. The van der Waals surface area contributed by atoms with E-state index in [1.807, 2.05) is 0 Å². The van der Waals surface area contributed by atoms with Crippen LogP contribution in [0.3, 0.4) is 0 Å². The highest BCUT2D eigenvalue weighted by Gasteiger charge is 2.07. The topological polar surface area (TPSA) is 74.4 Å². The monoisotopic (exact) mass is 244 g/mol. The number of hydrogen-bond donors (Lipinski definition) is 1. The highest BCUT2D eigenvalue weighted by atomic mass is 35.5. The molecule has 1 heterocycles. The number of nitrogens with zero attached hydrogens (tertiary/aromatic N) is 1. The summed E-state index contributed by atoms with van der Waals surface area (Å²) in [6.07, 6.45) is 2.08. The van der Waals surface area contributed by atoms with E-state index in [0.717, 1.165) is 6.42 Å². The van der Waals surface area contributed by atoms with Crippen LogP contribution in [0.2, 0.25) is 5.02 Å². The van der Waals surface area contributed by atoms with Crippen LogP contribution in [0.25, 0.3) is 0 Å². The van der Waals surface area contributed by atoms with Crippen LogP contribution in [0.15, 0.2) is 12.3 Å². The van der Waals surface area contributed by atoms with Crippen LogP contribution in [0.4, 0.5) is 0 Å². The highest BCUT2D eigenvalue weighted by molar-refractivity contribution is 6.32. The number of rotatable bonds is 6. The van der Waals surface area contributed by atoms with E-state index in [-0.39, 0.29) is 10.6 Å². The molecule has 0 radical (unpaired) electrons. The fourth-order valence-corrected chi connectivity index (χ4v) is 1.26. The number of aromatic nitrogens is 1. The molecule has 2 N–H and O–H groups in total. The zero-order valence-corrected chi connectivity index (χ0v) is 9.66. The number of hydrogen-bond acceptors (Lipinski definition) is 4. The van der Waals surface area contributed by atoms with E-state index in [1.54, 1.807) is 7.11 Å². The average Bonchev–Trinajstić information content (AvgIpc) is 2.26. The van der Waals surface area contributed by atoms with Gasteiger partial charge < -0.3 is 15.2 Å². The van der Waals surface area contributed by atoms with Gasteiger partial charge >= 0.3 is 0 Å². The van der Waals surface area contributed by atoms with Crippen LogP contribution in [0, 0.1) is 0 Å². The lowest BCUT2D eigenvalue weighted by molar-refractivity contribution is 0.1000. The van der Waals surface area contributed by atoms with Gasteiger partial charge in [-0.2, -0.15) is 0 Å². The number of nitrogens with two attached hydrogens (primary N) is 1. The summed E-state index contributed by atoms with van der Waals surface area (Å²) in [5.74, 6) is -0.275. The Morgan fingerprint density at radius 3 is 2.88 bits per heavy atom. The van der Waals surface area contributed by atoms with Crippen LogP contribution in [-0.4, -0.2) is 31.2 Å². The summed E-state index contributed by atoms with van der Waals surface area (Å²) in [7, 11) is 1.62. The van der Waals surface area contributed by atoms with Crippen LogP contribution in [0.5, 0.6) is 5.88 Å². The number of halogens is 1. The SMILES string of the molecule is COCCCOc1ncc(C(N)=O)cc1Cl. The van der Waals surface area contributed by atoms with Crippen LogP contribution in [0.1, 0.15) is 16.8 Å². The Balaban J connectivity index is 2.57. The molecule has 0 bridgehead atoms. The van der Waals surface area contributed by atoms with Gasteiger partial charge in [0, 0.05) is 26.3 Å². The second-order valence-electron chi connectivity index (χ2n) is 3.07. The molecule has 0 unspecified atom stereocenters. The Labute approximate surface area is 98.5 Å². The molecular formula is C10H13ClN2O3. The number of carbonyl (C=O) groups is 1. The first-order valence-electron chi connectivity index (χ1n) is 4.72. The molecule has 0 aliphatic rings. The Hall–Kier alpha value is -1.33. The molecule has 1 aromatic rings. The summed E-state index contributed by atoms with van der Waals surface area (Å²) < 4.78 is 10.2. The molecule has 0 aliphatic carbocycles. The summed E-state index contributed by atoms with van der Waals surface area (Å²) in [6, 6.07) is 1.43. The molecule has 0 fully saturated rings. The molecule has 0 saturated carbocycles. The van der Waals surface area contributed by atoms with E-state index in [4.69, 9.17) is 26.8 Å². The van der Waals surface area contributed by atoms with Crippen molar-refractivity contribution in [3.8, 4) is 5.88 Å². The summed E-state index contributed by atoms with van der Waals surface area (Å²) in [4.78, 5) is 14.7. The minimum atomic E-state index is -0.569. The number of primary amides is 1. The first-order chi connectivity index (χ1) is 7.65. The van der Waals surface area contributed by atoms with E-state index in [1.165, 1.54) is 12.3 Å². The number of pyridine rings is 1. The number of methoxy groups -OCH3 is 1. The quantitative estimate of drug-likeness (QED) is 0.765. The van der Waals surface area contributed by atoms with Gasteiger partial charge in [0.15, 0.2) is 0 Å². The van der Waals surface area contributed by atoms with Gasteiger partial charge in [-0.3, -0.25) is 4.79 Å². The Morgan fingerprint density at radius 1 is 1.56 bits per heavy atom. The van der Waals surface area contributed by atoms with Crippen molar-refractivity contribution < 1.29 is 14.3 Å². The van der Waals surface area contributed by atoms with E-state index in [0.29, 0.717) is 19.1 Å². The number of ether oxygens (including phenoxy) is 2. The fourth-order valence-electron chi connectivity index (χ4n) is 1.04. The van der Waals surface area contributed by atoms with E-state index >= 15 is 0 Å². The second kappa shape index (κ2) is 6.30. The largest absolute Gasteiger partial charge is 0.477 e. The van der Waals surface area contributed by atoms with Gasteiger partial charge in [0.1, 0.15) is 5.02 Å².